The summed E-state index contributed by atoms with van der Waals surface area (Å²) in [6, 6.07) is 8.01. The Morgan fingerprint density at radius 1 is 1.50 bits per heavy atom. The van der Waals surface area contributed by atoms with Crippen molar-refractivity contribution in [3.63, 3.8) is 0 Å². The summed E-state index contributed by atoms with van der Waals surface area (Å²) in [5.41, 5.74) is 1.10. The van der Waals surface area contributed by atoms with E-state index in [0.29, 0.717) is 0 Å². The van der Waals surface area contributed by atoms with E-state index in [4.69, 9.17) is 4.74 Å². The van der Waals surface area contributed by atoms with Gasteiger partial charge in [0.2, 0.25) is 0 Å². The molecular formula is C9H7IO2. The molecule has 1 aromatic rings. The summed E-state index contributed by atoms with van der Waals surface area (Å²) in [4.78, 5) is 10.3. The van der Waals surface area contributed by atoms with Gasteiger partial charge in [0.1, 0.15) is 12.2 Å². The molecule has 3 heteroatoms. The number of carbonyl (C=O) groups is 1. The van der Waals surface area contributed by atoms with Crippen molar-refractivity contribution < 1.29 is 9.53 Å². The van der Waals surface area contributed by atoms with Crippen LogP contribution in [0.15, 0.2) is 24.3 Å². The molecule has 1 heterocycles. The van der Waals surface area contributed by atoms with Crippen LogP contribution in [0.4, 0.5) is 0 Å². The Morgan fingerprint density at radius 3 is 2.92 bits per heavy atom. The third-order valence-corrected chi connectivity index (χ3v) is 2.51. The maximum atomic E-state index is 10.3. The first kappa shape index (κ1) is 8.19. The maximum Gasteiger partial charge on any atom is 0.151 e. The van der Waals surface area contributed by atoms with Crippen LogP contribution in [0.5, 0.6) is 0 Å². The highest BCUT2D eigenvalue weighted by Gasteiger charge is 2.39. The van der Waals surface area contributed by atoms with Crippen LogP contribution in [-0.2, 0) is 9.53 Å². The lowest BCUT2D eigenvalue weighted by Crippen LogP contribution is -1.89. The van der Waals surface area contributed by atoms with Crippen molar-refractivity contribution in [3.8, 4) is 0 Å². The Morgan fingerprint density at radius 2 is 2.33 bits per heavy atom. The van der Waals surface area contributed by atoms with Crippen LogP contribution in [0.25, 0.3) is 0 Å². The molecule has 0 amide bonds. The Hall–Kier alpha value is -0.420. The van der Waals surface area contributed by atoms with Gasteiger partial charge >= 0.3 is 0 Å². The molecule has 1 aliphatic heterocycles. The summed E-state index contributed by atoms with van der Waals surface area (Å²) in [5.74, 6) is 0. The quantitative estimate of drug-likeness (QED) is 0.468. The van der Waals surface area contributed by atoms with Gasteiger partial charge in [-0.05, 0) is 40.3 Å². The van der Waals surface area contributed by atoms with Crippen molar-refractivity contribution in [2.24, 2.45) is 0 Å². The minimum Gasteiger partial charge on any atom is -0.357 e. The molecule has 0 bridgehead atoms. The van der Waals surface area contributed by atoms with Crippen molar-refractivity contribution in [1.29, 1.82) is 0 Å². The minimum absolute atomic E-state index is 0.0113. The maximum absolute atomic E-state index is 10.3. The first-order valence-corrected chi connectivity index (χ1v) is 4.75. The van der Waals surface area contributed by atoms with E-state index in [1.807, 2.05) is 24.3 Å². The average molecular weight is 274 g/mol. The monoisotopic (exact) mass is 274 g/mol. The first-order valence-electron chi connectivity index (χ1n) is 3.67. The van der Waals surface area contributed by atoms with E-state index in [-0.39, 0.29) is 12.2 Å². The lowest BCUT2D eigenvalue weighted by atomic mass is 10.1. The molecule has 2 unspecified atom stereocenters. The zero-order valence-electron chi connectivity index (χ0n) is 6.24. The Bertz CT molecular complexity index is 311. The van der Waals surface area contributed by atoms with Crippen LogP contribution in [0, 0.1) is 3.57 Å². The van der Waals surface area contributed by atoms with E-state index in [9.17, 15) is 4.79 Å². The van der Waals surface area contributed by atoms with Gasteiger partial charge in [-0.1, -0.05) is 12.1 Å². The van der Waals surface area contributed by atoms with Crippen LogP contribution in [0.3, 0.4) is 0 Å². The number of benzene rings is 1. The van der Waals surface area contributed by atoms with E-state index < -0.39 is 0 Å². The molecule has 0 radical (unpaired) electrons. The molecule has 1 aliphatic rings. The van der Waals surface area contributed by atoms with Crippen LogP contribution >= 0.6 is 22.6 Å². The van der Waals surface area contributed by atoms with Gasteiger partial charge in [-0.25, -0.2) is 0 Å². The second-order valence-electron chi connectivity index (χ2n) is 2.71. The number of rotatable bonds is 2. The Balaban J connectivity index is 2.19. The normalized spacial score (nSPS) is 26.8. The van der Waals surface area contributed by atoms with Gasteiger partial charge in [0.05, 0.1) is 0 Å². The molecule has 1 saturated heterocycles. The largest absolute Gasteiger partial charge is 0.357 e. The summed E-state index contributed by atoms with van der Waals surface area (Å²) < 4.78 is 6.31. The predicted molar refractivity (Wildman–Crippen MR) is 52.8 cm³/mol. The van der Waals surface area contributed by atoms with E-state index >= 15 is 0 Å². The fourth-order valence-electron chi connectivity index (χ4n) is 1.18. The Labute approximate surface area is 84.1 Å². The second-order valence-corrected chi connectivity index (χ2v) is 3.96. The summed E-state index contributed by atoms with van der Waals surface area (Å²) in [5, 5.41) is 0. The molecule has 2 rings (SSSR count). The first-order chi connectivity index (χ1) is 5.81. The highest BCUT2D eigenvalue weighted by Crippen LogP contribution is 2.37. The lowest BCUT2D eigenvalue weighted by Gasteiger charge is -1.94. The topological polar surface area (TPSA) is 29.6 Å². The molecule has 2 atom stereocenters. The zero-order chi connectivity index (χ0) is 8.55. The number of ether oxygens (including phenoxy) is 1. The highest BCUT2D eigenvalue weighted by molar-refractivity contribution is 14.1. The molecule has 0 aromatic heterocycles. The van der Waals surface area contributed by atoms with Gasteiger partial charge in [-0.15, -0.1) is 0 Å². The summed E-state index contributed by atoms with van der Waals surface area (Å²) >= 11 is 2.24. The molecule has 0 N–H and O–H groups in total. The van der Waals surface area contributed by atoms with Crippen molar-refractivity contribution in [3.05, 3.63) is 33.4 Å². The average Bonchev–Trinajstić information content (AvgIpc) is 2.83. The van der Waals surface area contributed by atoms with Crippen molar-refractivity contribution in [2.75, 3.05) is 0 Å². The van der Waals surface area contributed by atoms with Gasteiger partial charge < -0.3 is 9.53 Å². The van der Waals surface area contributed by atoms with Crippen molar-refractivity contribution in [2.45, 2.75) is 12.2 Å². The minimum atomic E-state index is -0.205. The van der Waals surface area contributed by atoms with Crippen molar-refractivity contribution in [1.82, 2.24) is 0 Å². The third kappa shape index (κ3) is 1.51. The van der Waals surface area contributed by atoms with E-state index in [1.165, 1.54) is 3.57 Å². The standard InChI is InChI=1S/C9H7IO2/c10-7-3-1-2-6(4-7)9-8(5-11)12-9/h1-5,8-9H. The molecule has 0 saturated carbocycles. The molecule has 0 aliphatic carbocycles. The second kappa shape index (κ2) is 3.14. The van der Waals surface area contributed by atoms with Crippen LogP contribution in [-0.4, -0.2) is 12.4 Å². The van der Waals surface area contributed by atoms with Gasteiger partial charge in [-0.2, -0.15) is 0 Å². The molecule has 1 aromatic carbocycles. The highest BCUT2D eigenvalue weighted by atomic mass is 127. The van der Waals surface area contributed by atoms with Gasteiger partial charge in [0.15, 0.2) is 6.29 Å². The number of hydrogen-bond donors (Lipinski definition) is 0. The SMILES string of the molecule is O=CC1OC1c1cccc(I)c1. The molecule has 62 valence electrons. The number of epoxide rings is 1. The summed E-state index contributed by atoms with van der Waals surface area (Å²) in [6.45, 7) is 0. The molecular weight excluding hydrogens is 267 g/mol. The fraction of sp³-hybridized carbons (Fsp3) is 0.222. The molecule has 12 heavy (non-hydrogen) atoms. The number of halogens is 1. The van der Waals surface area contributed by atoms with E-state index in [1.54, 1.807) is 0 Å². The molecule has 0 spiro atoms. The third-order valence-electron chi connectivity index (χ3n) is 1.84. The predicted octanol–water partition coefficient (Wildman–Crippen LogP) is 1.93. The van der Waals surface area contributed by atoms with E-state index in [2.05, 4.69) is 22.6 Å². The summed E-state index contributed by atoms with van der Waals surface area (Å²) in [6.07, 6.45) is 0.658. The van der Waals surface area contributed by atoms with Crippen LogP contribution in [0.1, 0.15) is 11.7 Å². The van der Waals surface area contributed by atoms with E-state index in [0.717, 1.165) is 11.8 Å². The number of aldehydes is 1. The molecule has 2 nitrogen and oxygen atoms in total. The Kier molecular flexibility index (Phi) is 2.14. The van der Waals surface area contributed by atoms with Gasteiger partial charge in [0.25, 0.3) is 0 Å². The van der Waals surface area contributed by atoms with Crippen LogP contribution < -0.4 is 0 Å². The van der Waals surface area contributed by atoms with Gasteiger partial charge in [0, 0.05) is 3.57 Å². The summed E-state index contributed by atoms with van der Waals surface area (Å²) in [7, 11) is 0. The van der Waals surface area contributed by atoms with Gasteiger partial charge in [-0.3, -0.25) is 0 Å². The number of hydrogen-bond acceptors (Lipinski definition) is 2. The van der Waals surface area contributed by atoms with Crippen molar-refractivity contribution >= 4 is 28.9 Å². The number of carbonyl (C=O) groups excluding carboxylic acids is 1. The smallest absolute Gasteiger partial charge is 0.151 e. The lowest BCUT2D eigenvalue weighted by molar-refractivity contribution is -0.108. The van der Waals surface area contributed by atoms with Crippen LogP contribution in [0.2, 0.25) is 0 Å². The fourth-order valence-corrected chi connectivity index (χ4v) is 1.75. The molecule has 1 fully saturated rings. The zero-order valence-corrected chi connectivity index (χ0v) is 8.39.